The molecule has 1 atom stereocenters. The second-order valence-electron chi connectivity index (χ2n) is 9.17. The second-order valence-corrected chi connectivity index (χ2v) is 9.97. The molecule has 33 heavy (non-hydrogen) atoms. The predicted octanol–water partition coefficient (Wildman–Crippen LogP) is 4.05. The van der Waals surface area contributed by atoms with E-state index in [0.29, 0.717) is 18.9 Å². The molecule has 1 amide bonds. The number of carbonyl (C=O) groups excluding carboxylic acids is 1. The van der Waals surface area contributed by atoms with Crippen LogP contribution in [0, 0.1) is 0 Å². The summed E-state index contributed by atoms with van der Waals surface area (Å²) in [6.45, 7) is 6.92. The molecule has 0 bridgehead atoms. The Morgan fingerprint density at radius 2 is 2.12 bits per heavy atom. The maximum absolute atomic E-state index is 12.4. The van der Waals surface area contributed by atoms with E-state index in [4.69, 9.17) is 4.74 Å². The molecule has 1 unspecified atom stereocenters. The average Bonchev–Trinajstić information content (AvgIpc) is 3.53. The highest BCUT2D eigenvalue weighted by atomic mass is 32.1. The normalized spacial score (nSPS) is 16.5. The molecular weight excluding hydrogens is 440 g/mol. The fraction of sp³-hybridized carbons (Fsp3) is 0.409. The van der Waals surface area contributed by atoms with Crippen LogP contribution in [0.2, 0.25) is 0 Å². The second kappa shape index (κ2) is 8.14. The monoisotopic (exact) mass is 466 g/mol. The van der Waals surface area contributed by atoms with Gasteiger partial charge in [0.15, 0.2) is 11.5 Å². The number of amides is 1. The Kier molecular flexibility index (Phi) is 5.28. The lowest BCUT2D eigenvalue weighted by Crippen LogP contribution is -2.35. The number of aryl methyl sites for hydroxylation is 1. The third kappa shape index (κ3) is 4.40. The van der Waals surface area contributed by atoms with Crippen LogP contribution in [-0.2, 0) is 11.8 Å². The van der Waals surface area contributed by atoms with E-state index < -0.39 is 5.60 Å². The average molecular weight is 467 g/mol. The lowest BCUT2D eigenvalue weighted by atomic mass is 10.1. The van der Waals surface area contributed by atoms with Crippen molar-refractivity contribution in [3.05, 3.63) is 42.7 Å². The van der Waals surface area contributed by atoms with Gasteiger partial charge in [0.1, 0.15) is 10.6 Å². The number of carbonyl (C=O) groups is 1. The lowest BCUT2D eigenvalue weighted by molar-refractivity contribution is 0.0292. The number of likely N-dealkylation sites (tertiary alicyclic amines) is 1. The molecule has 0 radical (unpaired) electrons. The van der Waals surface area contributed by atoms with E-state index in [1.807, 2.05) is 63.1 Å². The zero-order chi connectivity index (χ0) is 23.2. The fourth-order valence-corrected chi connectivity index (χ4v) is 4.65. The van der Waals surface area contributed by atoms with E-state index in [0.717, 1.165) is 34.0 Å². The Morgan fingerprint density at radius 3 is 2.88 bits per heavy atom. The molecule has 4 aromatic heterocycles. The summed E-state index contributed by atoms with van der Waals surface area (Å²) in [5.74, 6) is 0.848. The maximum atomic E-state index is 12.4. The van der Waals surface area contributed by atoms with E-state index >= 15 is 0 Å². The van der Waals surface area contributed by atoms with Crippen molar-refractivity contribution in [2.75, 3.05) is 18.4 Å². The van der Waals surface area contributed by atoms with Gasteiger partial charge < -0.3 is 15.0 Å². The molecule has 0 saturated carbocycles. The molecule has 1 saturated heterocycles. The highest BCUT2D eigenvalue weighted by Crippen LogP contribution is 2.32. The van der Waals surface area contributed by atoms with Crippen LogP contribution in [0.5, 0.6) is 0 Å². The van der Waals surface area contributed by atoms with Crippen molar-refractivity contribution in [3.8, 4) is 11.3 Å². The van der Waals surface area contributed by atoms with Crippen molar-refractivity contribution in [1.29, 1.82) is 0 Å². The first-order valence-corrected chi connectivity index (χ1v) is 11.6. The number of nitrogens with one attached hydrogen (secondary N) is 1. The van der Waals surface area contributed by atoms with Crippen molar-refractivity contribution in [2.45, 2.75) is 38.7 Å². The van der Waals surface area contributed by atoms with Crippen molar-refractivity contribution in [2.24, 2.45) is 7.05 Å². The van der Waals surface area contributed by atoms with Gasteiger partial charge in [-0.1, -0.05) is 0 Å². The highest BCUT2D eigenvalue weighted by Gasteiger charge is 2.31. The van der Waals surface area contributed by atoms with Crippen LogP contribution in [0.4, 0.5) is 15.6 Å². The van der Waals surface area contributed by atoms with Gasteiger partial charge in [-0.3, -0.25) is 9.08 Å². The number of anilines is 2. The zero-order valence-electron chi connectivity index (χ0n) is 19.0. The molecule has 1 aliphatic heterocycles. The minimum absolute atomic E-state index is 0.191. The van der Waals surface area contributed by atoms with Crippen LogP contribution >= 0.6 is 11.5 Å². The minimum Gasteiger partial charge on any atom is -0.444 e. The standard InChI is InChI=1S/C22H26N8O2S/c1-22(2,3)32-21(31)29-7-5-14(13-29)16-9-18(33-27-16)26-19-20-24-11-17(30(20)8-6-23-19)15-10-25-28(4)12-15/h6,8-12,14H,5,7,13H2,1-4H3,(H,23,26). The van der Waals surface area contributed by atoms with Crippen LogP contribution in [-0.4, -0.2) is 58.2 Å². The number of fused-ring (bicyclic) bond motifs is 1. The van der Waals surface area contributed by atoms with Crippen molar-refractivity contribution in [3.63, 3.8) is 0 Å². The molecule has 5 rings (SSSR count). The number of nitrogens with zero attached hydrogens (tertiary/aromatic N) is 7. The molecule has 4 aromatic rings. The number of rotatable bonds is 4. The summed E-state index contributed by atoms with van der Waals surface area (Å²) in [7, 11) is 1.89. The van der Waals surface area contributed by atoms with E-state index in [-0.39, 0.29) is 12.0 Å². The van der Waals surface area contributed by atoms with Gasteiger partial charge in [0.2, 0.25) is 0 Å². The van der Waals surface area contributed by atoms with Gasteiger partial charge in [0.05, 0.1) is 23.8 Å². The fourth-order valence-electron chi connectivity index (χ4n) is 3.93. The smallest absolute Gasteiger partial charge is 0.410 e. The third-order valence-electron chi connectivity index (χ3n) is 5.46. The largest absolute Gasteiger partial charge is 0.444 e. The van der Waals surface area contributed by atoms with E-state index in [1.165, 1.54) is 11.5 Å². The molecule has 0 aliphatic carbocycles. The van der Waals surface area contributed by atoms with E-state index in [9.17, 15) is 4.79 Å². The van der Waals surface area contributed by atoms with Crippen LogP contribution in [0.15, 0.2) is 37.1 Å². The Morgan fingerprint density at radius 1 is 1.27 bits per heavy atom. The van der Waals surface area contributed by atoms with Gasteiger partial charge in [-0.25, -0.2) is 14.8 Å². The summed E-state index contributed by atoms with van der Waals surface area (Å²) in [5, 5.41) is 8.49. The van der Waals surface area contributed by atoms with Gasteiger partial charge >= 0.3 is 6.09 Å². The third-order valence-corrected chi connectivity index (χ3v) is 6.18. The number of hydrogen-bond donors (Lipinski definition) is 1. The Hall–Kier alpha value is -3.47. The number of aromatic nitrogens is 6. The molecule has 11 heteroatoms. The Labute approximate surface area is 195 Å². The van der Waals surface area contributed by atoms with Crippen molar-refractivity contribution >= 4 is 34.1 Å². The van der Waals surface area contributed by atoms with Gasteiger partial charge in [-0.2, -0.15) is 9.47 Å². The van der Waals surface area contributed by atoms with Gasteiger partial charge in [-0.15, -0.1) is 0 Å². The first kappa shape index (κ1) is 21.4. The first-order chi connectivity index (χ1) is 15.8. The molecule has 1 N–H and O–H groups in total. The van der Waals surface area contributed by atoms with Crippen LogP contribution in [0.3, 0.4) is 0 Å². The molecule has 0 spiro atoms. The summed E-state index contributed by atoms with van der Waals surface area (Å²) < 4.78 is 13.9. The van der Waals surface area contributed by atoms with Gasteiger partial charge in [-0.05, 0) is 44.8 Å². The van der Waals surface area contributed by atoms with Crippen molar-refractivity contribution < 1.29 is 9.53 Å². The first-order valence-electron chi connectivity index (χ1n) is 10.8. The van der Waals surface area contributed by atoms with E-state index in [1.54, 1.807) is 15.8 Å². The summed E-state index contributed by atoms with van der Waals surface area (Å²) >= 11 is 1.38. The SMILES string of the molecule is Cn1cc(-c2cnc3c(Nc4cc(C5CCN(C(=O)OC(C)(C)C)C5)ns4)nccn23)cn1. The summed E-state index contributed by atoms with van der Waals surface area (Å²) in [6, 6.07) is 2.03. The topological polar surface area (TPSA) is 102 Å². The Balaban J connectivity index is 1.31. The number of ether oxygens (including phenoxy) is 1. The molecule has 10 nitrogen and oxygen atoms in total. The van der Waals surface area contributed by atoms with Gasteiger partial charge in [0.25, 0.3) is 0 Å². The summed E-state index contributed by atoms with van der Waals surface area (Å²) in [4.78, 5) is 23.2. The number of hydrogen-bond acceptors (Lipinski definition) is 8. The predicted molar refractivity (Wildman–Crippen MR) is 126 cm³/mol. The molecule has 172 valence electrons. The lowest BCUT2D eigenvalue weighted by Gasteiger charge is -2.24. The van der Waals surface area contributed by atoms with Crippen LogP contribution in [0.1, 0.15) is 38.8 Å². The van der Waals surface area contributed by atoms with Crippen molar-refractivity contribution in [1.82, 2.24) is 33.4 Å². The summed E-state index contributed by atoms with van der Waals surface area (Å²) in [5.41, 5.74) is 3.13. The Bertz CT molecular complexity index is 1300. The quantitative estimate of drug-likeness (QED) is 0.484. The molecule has 1 fully saturated rings. The molecule has 0 aromatic carbocycles. The summed E-state index contributed by atoms with van der Waals surface area (Å²) in [6.07, 6.45) is 9.82. The highest BCUT2D eigenvalue weighted by molar-refractivity contribution is 7.10. The molecular formula is C22H26N8O2S. The minimum atomic E-state index is -0.495. The number of imidazole rings is 1. The molecule has 5 heterocycles. The zero-order valence-corrected chi connectivity index (χ0v) is 19.8. The van der Waals surface area contributed by atoms with Crippen LogP contribution in [0.25, 0.3) is 16.9 Å². The van der Waals surface area contributed by atoms with E-state index in [2.05, 4.69) is 24.8 Å². The van der Waals surface area contributed by atoms with Crippen LogP contribution < -0.4 is 5.32 Å². The van der Waals surface area contributed by atoms with Gasteiger partial charge in [0, 0.05) is 50.2 Å². The molecule has 1 aliphatic rings. The maximum Gasteiger partial charge on any atom is 0.410 e.